The van der Waals surface area contributed by atoms with Crippen molar-refractivity contribution < 1.29 is 4.79 Å². The second-order valence-corrected chi connectivity index (χ2v) is 9.46. The molecule has 1 aromatic carbocycles. The number of thiophene rings is 1. The minimum atomic E-state index is -0.0955. The molecule has 5 rings (SSSR count). The first-order valence-electron chi connectivity index (χ1n) is 10.2. The van der Waals surface area contributed by atoms with Crippen molar-refractivity contribution >= 4 is 28.6 Å². The van der Waals surface area contributed by atoms with Crippen LogP contribution in [0.2, 0.25) is 0 Å². The van der Waals surface area contributed by atoms with E-state index < -0.39 is 0 Å². The van der Waals surface area contributed by atoms with E-state index in [0.717, 1.165) is 40.5 Å². The number of carbonyl (C=O) groups excluding carboxylic acids is 1. The summed E-state index contributed by atoms with van der Waals surface area (Å²) in [6.45, 7) is 0.575. The van der Waals surface area contributed by atoms with Crippen LogP contribution in [0.4, 0.5) is 0 Å². The molecular weight excluding hydrogens is 412 g/mol. The Morgan fingerprint density at radius 3 is 2.77 bits per heavy atom. The molecule has 5 nitrogen and oxygen atoms in total. The van der Waals surface area contributed by atoms with Crippen LogP contribution in [0.25, 0.3) is 16.3 Å². The molecular formula is C23H22N4OS2. The van der Waals surface area contributed by atoms with Gasteiger partial charge in [0.25, 0.3) is 5.91 Å². The summed E-state index contributed by atoms with van der Waals surface area (Å²) >= 11 is 3.40. The lowest BCUT2D eigenvalue weighted by atomic mass is 10.0. The van der Waals surface area contributed by atoms with E-state index in [1.54, 1.807) is 16.0 Å². The Bertz CT molecular complexity index is 1120. The smallest absolute Gasteiger partial charge is 0.255 e. The number of fused-ring (bicyclic) bond motifs is 1. The van der Waals surface area contributed by atoms with E-state index in [1.165, 1.54) is 23.4 Å². The highest BCUT2D eigenvalue weighted by Crippen LogP contribution is 2.28. The summed E-state index contributed by atoms with van der Waals surface area (Å²) in [5.41, 5.74) is 3.52. The first-order valence-corrected chi connectivity index (χ1v) is 11.9. The van der Waals surface area contributed by atoms with Gasteiger partial charge in [0.2, 0.25) is 0 Å². The molecule has 4 aromatic rings. The Hall–Kier alpha value is -2.77. The lowest BCUT2D eigenvalue weighted by Crippen LogP contribution is -2.25. The summed E-state index contributed by atoms with van der Waals surface area (Å²) in [5.74, 6) is -0.0955. The van der Waals surface area contributed by atoms with Crippen molar-refractivity contribution in [3.8, 4) is 16.3 Å². The van der Waals surface area contributed by atoms with Gasteiger partial charge in [-0.1, -0.05) is 24.3 Å². The number of aryl methyl sites for hydroxylation is 2. The van der Waals surface area contributed by atoms with Crippen LogP contribution in [-0.2, 0) is 19.3 Å². The monoisotopic (exact) mass is 434 g/mol. The zero-order valence-electron chi connectivity index (χ0n) is 16.5. The number of hydrogen-bond acceptors (Lipinski definition) is 5. The number of hydrogen-bond donors (Lipinski definition) is 1. The predicted molar refractivity (Wildman–Crippen MR) is 122 cm³/mol. The van der Waals surface area contributed by atoms with Crippen molar-refractivity contribution in [2.45, 2.75) is 32.1 Å². The highest BCUT2D eigenvalue weighted by molar-refractivity contribution is 7.13. The number of amides is 1. The van der Waals surface area contributed by atoms with Gasteiger partial charge >= 0.3 is 0 Å². The van der Waals surface area contributed by atoms with Crippen LogP contribution in [0.3, 0.4) is 0 Å². The van der Waals surface area contributed by atoms with Crippen molar-refractivity contribution in [1.82, 2.24) is 20.1 Å². The Morgan fingerprint density at radius 2 is 1.97 bits per heavy atom. The zero-order valence-corrected chi connectivity index (χ0v) is 18.1. The quantitative estimate of drug-likeness (QED) is 0.469. The predicted octanol–water partition coefficient (Wildman–Crippen LogP) is 4.91. The van der Waals surface area contributed by atoms with Crippen molar-refractivity contribution in [2.75, 3.05) is 6.54 Å². The zero-order chi connectivity index (χ0) is 20.3. The van der Waals surface area contributed by atoms with Gasteiger partial charge in [-0.2, -0.15) is 5.10 Å². The first-order chi connectivity index (χ1) is 14.8. The van der Waals surface area contributed by atoms with Crippen molar-refractivity contribution in [1.29, 1.82) is 0 Å². The van der Waals surface area contributed by atoms with E-state index in [4.69, 9.17) is 10.1 Å². The number of aromatic nitrogens is 3. The molecule has 1 aliphatic carbocycles. The second-order valence-electron chi connectivity index (χ2n) is 7.34. The fraction of sp³-hybridized carbons (Fsp3) is 0.261. The molecule has 0 saturated carbocycles. The van der Waals surface area contributed by atoms with Crippen LogP contribution in [0, 0.1) is 0 Å². The number of benzene rings is 1. The summed E-state index contributed by atoms with van der Waals surface area (Å²) < 4.78 is 1.78. The minimum Gasteiger partial charge on any atom is -0.351 e. The fourth-order valence-corrected chi connectivity index (χ4v) is 5.62. The Morgan fingerprint density at radius 1 is 1.10 bits per heavy atom. The van der Waals surface area contributed by atoms with Gasteiger partial charge in [-0.25, -0.2) is 9.67 Å². The highest BCUT2D eigenvalue weighted by Gasteiger charge is 2.20. The molecule has 0 bridgehead atoms. The van der Waals surface area contributed by atoms with E-state index in [-0.39, 0.29) is 5.91 Å². The van der Waals surface area contributed by atoms with Gasteiger partial charge in [-0.05, 0) is 49.3 Å². The third-order valence-corrected chi connectivity index (χ3v) is 7.34. The Balaban J connectivity index is 1.33. The largest absolute Gasteiger partial charge is 0.351 e. The van der Waals surface area contributed by atoms with Gasteiger partial charge in [0.1, 0.15) is 5.69 Å². The van der Waals surface area contributed by atoms with E-state index >= 15 is 0 Å². The van der Waals surface area contributed by atoms with Gasteiger partial charge < -0.3 is 5.32 Å². The molecule has 1 amide bonds. The van der Waals surface area contributed by atoms with E-state index in [9.17, 15) is 4.79 Å². The summed E-state index contributed by atoms with van der Waals surface area (Å²) in [5, 5.41) is 10.9. The van der Waals surface area contributed by atoms with Crippen LogP contribution in [-0.4, -0.2) is 27.2 Å². The summed E-state index contributed by atoms with van der Waals surface area (Å²) in [6, 6.07) is 13.8. The van der Waals surface area contributed by atoms with Gasteiger partial charge in [0.15, 0.2) is 0 Å². The van der Waals surface area contributed by atoms with Crippen LogP contribution in [0.15, 0.2) is 54.0 Å². The average molecular weight is 435 g/mol. The van der Waals surface area contributed by atoms with E-state index in [2.05, 4.69) is 5.32 Å². The molecule has 3 aromatic heterocycles. The molecule has 1 aliphatic rings. The molecule has 30 heavy (non-hydrogen) atoms. The number of thiazole rings is 1. The molecule has 0 atom stereocenters. The molecule has 0 aliphatic heterocycles. The summed E-state index contributed by atoms with van der Waals surface area (Å²) in [6.07, 6.45) is 7.35. The number of nitrogens with zero attached hydrogens (tertiary/aromatic N) is 3. The second kappa shape index (κ2) is 8.53. The summed E-state index contributed by atoms with van der Waals surface area (Å²) in [7, 11) is 0. The van der Waals surface area contributed by atoms with Crippen molar-refractivity contribution in [2.24, 2.45) is 0 Å². The molecule has 3 heterocycles. The lowest BCUT2D eigenvalue weighted by Gasteiger charge is -2.06. The maximum absolute atomic E-state index is 13.0. The summed E-state index contributed by atoms with van der Waals surface area (Å²) in [4.78, 5) is 20.2. The topological polar surface area (TPSA) is 59.8 Å². The highest BCUT2D eigenvalue weighted by atomic mass is 32.1. The molecule has 0 spiro atoms. The standard InChI is InChI=1S/C23H22N4OS2/c28-23(24-13-12-21-25-18-9-4-5-10-19(18)30-21)17-15-27(16-7-2-1-3-8-16)26-22(17)20-11-6-14-29-20/h1-3,6-8,11,14-15H,4-5,9-10,12-13H2,(H,24,28). The van der Waals surface area contributed by atoms with Gasteiger partial charge in [-0.15, -0.1) is 22.7 Å². The number of rotatable bonds is 6. The third kappa shape index (κ3) is 3.95. The molecule has 0 saturated heterocycles. The molecule has 152 valence electrons. The van der Waals surface area contributed by atoms with E-state index in [0.29, 0.717) is 12.1 Å². The molecule has 7 heteroatoms. The molecule has 0 radical (unpaired) electrons. The van der Waals surface area contributed by atoms with Gasteiger partial charge in [0, 0.05) is 24.0 Å². The van der Waals surface area contributed by atoms with Crippen LogP contribution >= 0.6 is 22.7 Å². The average Bonchev–Trinajstić information content (AvgIpc) is 3.52. The van der Waals surface area contributed by atoms with E-state index in [1.807, 2.05) is 65.4 Å². The van der Waals surface area contributed by atoms with Crippen molar-refractivity contribution in [3.05, 3.63) is 75.2 Å². The molecule has 0 fully saturated rings. The first kappa shape index (κ1) is 19.2. The molecule has 1 N–H and O–H groups in total. The molecule has 0 unspecified atom stereocenters. The third-order valence-electron chi connectivity index (χ3n) is 5.25. The number of nitrogens with one attached hydrogen (secondary N) is 1. The maximum atomic E-state index is 13.0. The number of carbonyl (C=O) groups is 1. The Labute approximate surface area is 183 Å². The van der Waals surface area contributed by atoms with Crippen LogP contribution in [0.5, 0.6) is 0 Å². The van der Waals surface area contributed by atoms with Gasteiger partial charge in [0.05, 0.1) is 26.8 Å². The minimum absolute atomic E-state index is 0.0955. The number of para-hydroxylation sites is 1. The lowest BCUT2D eigenvalue weighted by molar-refractivity contribution is 0.0955. The normalized spacial score (nSPS) is 13.2. The van der Waals surface area contributed by atoms with Crippen LogP contribution < -0.4 is 5.32 Å². The SMILES string of the molecule is O=C(NCCc1nc2c(s1)CCCC2)c1cn(-c2ccccc2)nc1-c1cccs1. The van der Waals surface area contributed by atoms with Crippen LogP contribution in [0.1, 0.15) is 38.8 Å². The van der Waals surface area contributed by atoms with Gasteiger partial charge in [-0.3, -0.25) is 4.79 Å². The van der Waals surface area contributed by atoms with Crippen molar-refractivity contribution in [3.63, 3.8) is 0 Å². The fourth-order valence-electron chi connectivity index (χ4n) is 3.74. The maximum Gasteiger partial charge on any atom is 0.255 e. The Kier molecular flexibility index (Phi) is 5.46.